The number of H-pyrrole nitrogens is 1. The van der Waals surface area contributed by atoms with Gasteiger partial charge in [0.2, 0.25) is 0 Å². The summed E-state index contributed by atoms with van der Waals surface area (Å²) in [5, 5.41) is 10.5. The van der Waals surface area contributed by atoms with Crippen molar-refractivity contribution in [1.29, 1.82) is 0 Å². The topological polar surface area (TPSA) is 81.0 Å². The van der Waals surface area contributed by atoms with Crippen molar-refractivity contribution in [2.75, 3.05) is 0 Å². The third-order valence-electron chi connectivity index (χ3n) is 1.96. The number of para-hydroxylation sites is 1. The molecular formula is C10H9N3O3. The highest BCUT2D eigenvalue weighted by molar-refractivity contribution is 5.31. The maximum absolute atomic E-state index is 10.5. The molecule has 0 unspecified atom stereocenters. The second kappa shape index (κ2) is 4.01. The van der Waals surface area contributed by atoms with Gasteiger partial charge >= 0.3 is 5.95 Å². The Hall–Kier alpha value is -2.37. The van der Waals surface area contributed by atoms with E-state index >= 15 is 0 Å². The van der Waals surface area contributed by atoms with Crippen LogP contribution in [0.1, 0.15) is 5.69 Å². The first kappa shape index (κ1) is 10.2. The van der Waals surface area contributed by atoms with E-state index in [0.717, 1.165) is 0 Å². The van der Waals surface area contributed by atoms with Gasteiger partial charge in [0, 0.05) is 6.92 Å². The largest absolute Gasteiger partial charge is 0.435 e. The maximum Gasteiger partial charge on any atom is 0.435 e. The fourth-order valence-corrected chi connectivity index (χ4v) is 1.22. The zero-order valence-corrected chi connectivity index (χ0v) is 8.51. The summed E-state index contributed by atoms with van der Waals surface area (Å²) in [7, 11) is 0. The zero-order chi connectivity index (χ0) is 11.5. The van der Waals surface area contributed by atoms with Crippen LogP contribution in [0.3, 0.4) is 0 Å². The molecule has 0 saturated carbocycles. The molecule has 16 heavy (non-hydrogen) atoms. The van der Waals surface area contributed by atoms with Gasteiger partial charge in [0.05, 0.1) is 0 Å². The van der Waals surface area contributed by atoms with E-state index in [1.165, 1.54) is 0 Å². The molecule has 0 atom stereocenters. The van der Waals surface area contributed by atoms with Crippen molar-refractivity contribution >= 4 is 5.95 Å². The van der Waals surface area contributed by atoms with Gasteiger partial charge in [-0.2, -0.15) is 0 Å². The molecule has 6 heteroatoms. The Morgan fingerprint density at radius 3 is 2.62 bits per heavy atom. The molecule has 0 saturated heterocycles. The summed E-state index contributed by atoms with van der Waals surface area (Å²) < 4.78 is 5.42. The van der Waals surface area contributed by atoms with Crippen LogP contribution in [0.4, 0.5) is 5.95 Å². The van der Waals surface area contributed by atoms with Gasteiger partial charge in [0.1, 0.15) is 5.75 Å². The van der Waals surface area contributed by atoms with E-state index < -0.39 is 4.92 Å². The average Bonchev–Trinajstić information content (AvgIpc) is 2.62. The van der Waals surface area contributed by atoms with Crippen LogP contribution >= 0.6 is 0 Å². The number of hydrogen-bond donors (Lipinski definition) is 1. The Balaban J connectivity index is 2.25. The molecule has 1 aromatic carbocycles. The van der Waals surface area contributed by atoms with Crippen molar-refractivity contribution < 1.29 is 9.66 Å². The SMILES string of the molecule is Cc1nc([N+](=O)[O-])[nH]c1Oc1ccccc1. The summed E-state index contributed by atoms with van der Waals surface area (Å²) in [6.07, 6.45) is 0. The summed E-state index contributed by atoms with van der Waals surface area (Å²) in [5.74, 6) is 0.575. The normalized spacial score (nSPS) is 10.1. The number of hydrogen-bond acceptors (Lipinski definition) is 4. The minimum Gasteiger partial charge on any atom is -0.426 e. The maximum atomic E-state index is 10.5. The second-order valence-corrected chi connectivity index (χ2v) is 3.15. The molecule has 1 aromatic heterocycles. The smallest absolute Gasteiger partial charge is 0.426 e. The molecule has 0 aliphatic rings. The number of aromatic nitrogens is 2. The van der Waals surface area contributed by atoms with Crippen LogP contribution in [0.15, 0.2) is 30.3 Å². The highest BCUT2D eigenvalue weighted by atomic mass is 16.6. The van der Waals surface area contributed by atoms with E-state index in [1.54, 1.807) is 19.1 Å². The molecule has 0 aliphatic heterocycles. The van der Waals surface area contributed by atoms with E-state index in [9.17, 15) is 10.1 Å². The van der Waals surface area contributed by atoms with Gasteiger partial charge in [0.25, 0.3) is 5.88 Å². The van der Waals surface area contributed by atoms with Crippen LogP contribution in [0.5, 0.6) is 11.6 Å². The molecule has 0 spiro atoms. The van der Waals surface area contributed by atoms with Crippen molar-refractivity contribution in [2.24, 2.45) is 0 Å². The van der Waals surface area contributed by atoms with Gasteiger partial charge < -0.3 is 14.9 Å². The van der Waals surface area contributed by atoms with Crippen LogP contribution < -0.4 is 4.74 Å². The van der Waals surface area contributed by atoms with Gasteiger partial charge in [-0.05, 0) is 17.1 Å². The number of imidazole rings is 1. The summed E-state index contributed by atoms with van der Waals surface area (Å²) in [4.78, 5) is 16.1. The first-order valence-corrected chi connectivity index (χ1v) is 4.60. The minimum absolute atomic E-state index is 0.290. The van der Waals surface area contributed by atoms with E-state index in [0.29, 0.717) is 11.4 Å². The highest BCUT2D eigenvalue weighted by Gasteiger charge is 2.18. The molecule has 2 rings (SSSR count). The number of aromatic amines is 1. The van der Waals surface area contributed by atoms with Gasteiger partial charge in [0.15, 0.2) is 5.69 Å². The van der Waals surface area contributed by atoms with Gasteiger partial charge in [-0.3, -0.25) is 0 Å². The molecule has 0 radical (unpaired) electrons. The Labute approximate surface area is 91.0 Å². The summed E-state index contributed by atoms with van der Waals surface area (Å²) in [6.45, 7) is 1.64. The number of benzene rings is 1. The molecule has 0 amide bonds. The second-order valence-electron chi connectivity index (χ2n) is 3.15. The first-order valence-electron chi connectivity index (χ1n) is 4.60. The predicted molar refractivity (Wildman–Crippen MR) is 56.5 cm³/mol. The molecular weight excluding hydrogens is 210 g/mol. The van der Waals surface area contributed by atoms with Crippen LogP contribution in [-0.4, -0.2) is 14.9 Å². The number of nitrogens with one attached hydrogen (secondary N) is 1. The third kappa shape index (κ3) is 2.00. The van der Waals surface area contributed by atoms with Crippen molar-refractivity contribution in [2.45, 2.75) is 6.92 Å². The summed E-state index contributed by atoms with van der Waals surface area (Å²) >= 11 is 0. The van der Waals surface area contributed by atoms with E-state index in [1.807, 2.05) is 18.2 Å². The predicted octanol–water partition coefficient (Wildman–Crippen LogP) is 2.42. The molecule has 82 valence electrons. The fraction of sp³-hybridized carbons (Fsp3) is 0.100. The lowest BCUT2D eigenvalue weighted by atomic mass is 10.3. The fourth-order valence-electron chi connectivity index (χ4n) is 1.22. The molecule has 0 bridgehead atoms. The van der Waals surface area contributed by atoms with Crippen LogP contribution in [0.2, 0.25) is 0 Å². The molecule has 6 nitrogen and oxygen atoms in total. The molecule has 0 aliphatic carbocycles. The Kier molecular flexibility index (Phi) is 2.55. The molecule has 1 N–H and O–H groups in total. The van der Waals surface area contributed by atoms with E-state index in [2.05, 4.69) is 9.97 Å². The lowest BCUT2D eigenvalue weighted by Crippen LogP contribution is -1.89. The monoisotopic (exact) mass is 219 g/mol. The van der Waals surface area contributed by atoms with Crippen molar-refractivity contribution in [3.63, 3.8) is 0 Å². The Morgan fingerprint density at radius 1 is 1.38 bits per heavy atom. The number of aryl methyl sites for hydroxylation is 1. The summed E-state index contributed by atoms with van der Waals surface area (Å²) in [5.41, 5.74) is 0.454. The molecule has 2 aromatic rings. The highest BCUT2D eigenvalue weighted by Crippen LogP contribution is 2.24. The standard InChI is InChI=1S/C10H9N3O3/c1-7-9(12-10(11-7)13(14)15)16-8-5-3-2-4-6-8/h2-6H,1H3,(H,11,12). The van der Waals surface area contributed by atoms with Crippen molar-refractivity contribution in [3.05, 3.63) is 46.1 Å². The van der Waals surface area contributed by atoms with Gasteiger partial charge in [-0.25, -0.2) is 4.98 Å². The number of nitro groups is 1. The Bertz CT molecular complexity index is 507. The van der Waals surface area contributed by atoms with Gasteiger partial charge in [-0.1, -0.05) is 23.2 Å². The first-order chi connectivity index (χ1) is 7.66. The molecule has 0 fully saturated rings. The van der Waals surface area contributed by atoms with Gasteiger partial charge in [-0.15, -0.1) is 0 Å². The van der Waals surface area contributed by atoms with E-state index in [-0.39, 0.29) is 11.8 Å². The summed E-state index contributed by atoms with van der Waals surface area (Å²) in [6, 6.07) is 9.00. The third-order valence-corrected chi connectivity index (χ3v) is 1.96. The quantitative estimate of drug-likeness (QED) is 0.634. The zero-order valence-electron chi connectivity index (χ0n) is 8.51. The number of rotatable bonds is 3. The van der Waals surface area contributed by atoms with Crippen molar-refractivity contribution in [1.82, 2.24) is 9.97 Å². The van der Waals surface area contributed by atoms with E-state index in [4.69, 9.17) is 4.74 Å². The van der Waals surface area contributed by atoms with Crippen molar-refractivity contribution in [3.8, 4) is 11.6 Å². The van der Waals surface area contributed by atoms with Crippen LogP contribution in [-0.2, 0) is 0 Å². The lowest BCUT2D eigenvalue weighted by Gasteiger charge is -1.99. The Morgan fingerprint density at radius 2 is 2.06 bits per heavy atom. The molecule has 1 heterocycles. The van der Waals surface area contributed by atoms with Crippen LogP contribution in [0, 0.1) is 17.0 Å². The number of ether oxygens (including phenoxy) is 1. The van der Waals surface area contributed by atoms with Crippen LogP contribution in [0.25, 0.3) is 0 Å². The lowest BCUT2D eigenvalue weighted by molar-refractivity contribution is -0.393. The average molecular weight is 219 g/mol. The number of nitrogens with zero attached hydrogens (tertiary/aromatic N) is 2. The minimum atomic E-state index is -0.592.